The van der Waals surface area contributed by atoms with E-state index in [4.69, 9.17) is 37.8 Å². The first-order valence-corrected chi connectivity index (χ1v) is 13.4. The molecule has 1 heterocycles. The van der Waals surface area contributed by atoms with Crippen LogP contribution in [-0.2, 0) is 14.9 Å². The van der Waals surface area contributed by atoms with Gasteiger partial charge < -0.3 is 25.0 Å². The Morgan fingerprint density at radius 3 is 2.65 bits per heavy atom. The highest BCUT2D eigenvalue weighted by molar-refractivity contribution is 6.31. The lowest BCUT2D eigenvalue weighted by molar-refractivity contribution is 0.0653. The number of ether oxygens (including phenoxy) is 2. The lowest BCUT2D eigenvalue weighted by atomic mass is 9.63. The normalized spacial score (nSPS) is 23.4. The van der Waals surface area contributed by atoms with E-state index in [1.807, 2.05) is 13.8 Å². The zero-order valence-electron chi connectivity index (χ0n) is 22.4. The fourth-order valence-corrected chi connectivity index (χ4v) is 5.69. The molecule has 1 saturated heterocycles. The van der Waals surface area contributed by atoms with Crippen molar-refractivity contribution in [1.82, 2.24) is 10.6 Å². The number of methoxy groups -OCH3 is 1. The van der Waals surface area contributed by atoms with Crippen LogP contribution >= 0.6 is 23.2 Å². The summed E-state index contributed by atoms with van der Waals surface area (Å²) in [5, 5.41) is 34.9. The van der Waals surface area contributed by atoms with Gasteiger partial charge in [-0.2, -0.15) is 5.26 Å². The molecule has 40 heavy (non-hydrogen) atoms. The van der Waals surface area contributed by atoms with E-state index in [0.29, 0.717) is 6.61 Å². The average Bonchev–Trinajstić information content (AvgIpc) is 3.17. The van der Waals surface area contributed by atoms with Crippen molar-refractivity contribution in [3.05, 3.63) is 69.2 Å². The van der Waals surface area contributed by atoms with Crippen LogP contribution < -0.4 is 10.6 Å². The average molecular weight is 600 g/mol. The van der Waals surface area contributed by atoms with Gasteiger partial charge in [0.2, 0.25) is 0 Å². The van der Waals surface area contributed by atoms with E-state index < -0.39 is 59.5 Å². The van der Waals surface area contributed by atoms with Crippen molar-refractivity contribution in [2.24, 2.45) is 5.41 Å². The molecule has 8 nitrogen and oxygen atoms in total. The number of hydrogen-bond acceptors (Lipinski definition) is 7. The topological polar surface area (TPSA) is 124 Å². The molecule has 0 radical (unpaired) electrons. The van der Waals surface area contributed by atoms with E-state index in [-0.39, 0.29) is 40.6 Å². The molecule has 5 atom stereocenters. The molecule has 0 unspecified atom stereocenters. The molecule has 0 saturated carbocycles. The highest BCUT2D eigenvalue weighted by Gasteiger charge is 2.61. The monoisotopic (exact) mass is 599 g/mol. The fourth-order valence-electron chi connectivity index (χ4n) is 5.35. The number of nitrogens with zero attached hydrogens (tertiary/aromatic N) is 1. The third-order valence-corrected chi connectivity index (χ3v) is 7.60. The highest BCUT2D eigenvalue weighted by atomic mass is 35.5. The van der Waals surface area contributed by atoms with Gasteiger partial charge in [0.25, 0.3) is 0 Å². The minimum atomic E-state index is -1.79. The Hall–Kier alpha value is -2.52. The molecule has 1 aliphatic rings. The number of hydrogen-bond donors (Lipinski definition) is 4. The summed E-state index contributed by atoms with van der Waals surface area (Å²) in [6.07, 6.45) is -2.95. The van der Waals surface area contributed by atoms with Crippen LogP contribution in [0.3, 0.4) is 0 Å². The summed E-state index contributed by atoms with van der Waals surface area (Å²) in [6.45, 7) is 3.60. The maximum Gasteiger partial charge on any atom is 0.408 e. The standard InChI is InChI=1S/C28H33Cl2F2N3O5/c1-27(2,15-39-3)12-22-28(14-33,19-8-7-16(29)11-21(19)31)23(18-5-4-6-20(30)24(18)32)25(35-22)40-26(38)34-10-9-17(37)13-36/h4-8,11,17,22-23,25,35-37H,9-10,12-13,15H2,1-3H3,(H,34,38)/t17-,22-,23-,25+,28-/m0/s1. The van der Waals surface area contributed by atoms with Gasteiger partial charge in [-0.15, -0.1) is 0 Å². The van der Waals surface area contributed by atoms with Crippen LogP contribution in [0.2, 0.25) is 10.0 Å². The van der Waals surface area contributed by atoms with E-state index in [2.05, 4.69) is 16.7 Å². The maximum absolute atomic E-state index is 15.7. The van der Waals surface area contributed by atoms with Crippen LogP contribution in [0.25, 0.3) is 0 Å². The third kappa shape index (κ3) is 6.85. The van der Waals surface area contributed by atoms with Gasteiger partial charge in [-0.3, -0.25) is 5.32 Å². The molecule has 1 fully saturated rings. The Balaban J connectivity index is 2.18. The second kappa shape index (κ2) is 13.4. The summed E-state index contributed by atoms with van der Waals surface area (Å²) >= 11 is 12.2. The van der Waals surface area contributed by atoms with Crippen molar-refractivity contribution < 1.29 is 33.3 Å². The Morgan fingerprint density at radius 2 is 2.02 bits per heavy atom. The van der Waals surface area contributed by atoms with Crippen molar-refractivity contribution in [2.75, 3.05) is 26.9 Å². The van der Waals surface area contributed by atoms with Gasteiger partial charge in [0.15, 0.2) is 6.23 Å². The van der Waals surface area contributed by atoms with Crippen LogP contribution in [0.15, 0.2) is 36.4 Å². The molecule has 2 aromatic carbocycles. The molecule has 218 valence electrons. The molecule has 2 aromatic rings. The summed E-state index contributed by atoms with van der Waals surface area (Å²) in [5.41, 5.74) is -2.42. The second-order valence-electron chi connectivity index (χ2n) is 10.6. The lowest BCUT2D eigenvalue weighted by Gasteiger charge is -2.37. The Kier molecular flexibility index (Phi) is 10.7. The lowest BCUT2D eigenvalue weighted by Crippen LogP contribution is -2.45. The number of nitrogens with one attached hydrogen (secondary N) is 2. The summed E-state index contributed by atoms with van der Waals surface area (Å²) < 4.78 is 42.3. The minimum Gasteiger partial charge on any atom is -0.430 e. The molecule has 0 aromatic heterocycles. The van der Waals surface area contributed by atoms with Crippen molar-refractivity contribution in [2.45, 2.75) is 56.4 Å². The number of aliphatic hydroxyl groups is 2. The number of rotatable bonds is 11. The Morgan fingerprint density at radius 1 is 1.30 bits per heavy atom. The number of aliphatic hydroxyl groups excluding tert-OH is 2. The quantitative estimate of drug-likeness (QED) is 0.296. The number of halogens is 4. The number of benzene rings is 2. The van der Waals surface area contributed by atoms with Crippen molar-refractivity contribution in [1.29, 1.82) is 5.26 Å². The fraction of sp³-hybridized carbons (Fsp3) is 0.500. The highest BCUT2D eigenvalue weighted by Crippen LogP contribution is 2.53. The van der Waals surface area contributed by atoms with Gasteiger partial charge in [0, 0.05) is 30.3 Å². The van der Waals surface area contributed by atoms with Gasteiger partial charge in [0.1, 0.15) is 17.0 Å². The van der Waals surface area contributed by atoms with E-state index in [1.54, 1.807) is 0 Å². The van der Waals surface area contributed by atoms with Gasteiger partial charge in [-0.1, -0.05) is 55.2 Å². The number of carbonyl (C=O) groups is 1. The molecule has 4 N–H and O–H groups in total. The van der Waals surface area contributed by atoms with Crippen LogP contribution in [-0.4, -0.2) is 61.5 Å². The number of alkyl carbamates (subject to hydrolysis) is 1. The van der Waals surface area contributed by atoms with Gasteiger partial charge in [-0.25, -0.2) is 13.6 Å². The summed E-state index contributed by atoms with van der Waals surface area (Å²) in [7, 11) is 1.54. The minimum absolute atomic E-state index is 0.0248. The van der Waals surface area contributed by atoms with Crippen LogP contribution in [0.5, 0.6) is 0 Å². The molecule has 12 heteroatoms. The number of amides is 1. The largest absolute Gasteiger partial charge is 0.430 e. The predicted octanol–water partition coefficient (Wildman–Crippen LogP) is 4.65. The number of nitriles is 1. The SMILES string of the molecule is COCC(C)(C)C[C@@H]1N[C@H](OC(=O)NCC[C@H](O)CO)[C@H](c2cccc(Cl)c2F)[C@@]1(C#N)c1ccc(Cl)cc1F. The molecule has 3 rings (SSSR count). The van der Waals surface area contributed by atoms with Crippen LogP contribution in [0.1, 0.15) is 43.7 Å². The molecule has 1 aliphatic heterocycles. The first-order valence-electron chi connectivity index (χ1n) is 12.7. The molecular formula is C28H33Cl2F2N3O5. The van der Waals surface area contributed by atoms with E-state index in [9.17, 15) is 15.2 Å². The van der Waals surface area contributed by atoms with Crippen LogP contribution in [0.4, 0.5) is 13.6 Å². The molecular weight excluding hydrogens is 567 g/mol. The Labute approximate surface area is 242 Å². The zero-order chi connectivity index (χ0) is 29.7. The molecule has 0 aliphatic carbocycles. The van der Waals surface area contributed by atoms with E-state index in [1.165, 1.54) is 37.4 Å². The van der Waals surface area contributed by atoms with E-state index >= 15 is 8.78 Å². The summed E-state index contributed by atoms with van der Waals surface area (Å²) in [4.78, 5) is 12.8. The first kappa shape index (κ1) is 32.0. The zero-order valence-corrected chi connectivity index (χ0v) is 23.9. The van der Waals surface area contributed by atoms with Gasteiger partial charge in [0.05, 0.1) is 36.3 Å². The van der Waals surface area contributed by atoms with Gasteiger partial charge >= 0.3 is 6.09 Å². The smallest absolute Gasteiger partial charge is 0.408 e. The predicted molar refractivity (Wildman–Crippen MR) is 146 cm³/mol. The molecule has 0 bridgehead atoms. The summed E-state index contributed by atoms with van der Waals surface area (Å²) in [5.74, 6) is -2.85. The first-order chi connectivity index (χ1) is 18.9. The van der Waals surface area contributed by atoms with Crippen molar-refractivity contribution >= 4 is 29.3 Å². The number of carbonyl (C=O) groups excluding carboxylic acids is 1. The van der Waals surface area contributed by atoms with Crippen LogP contribution in [0, 0.1) is 28.4 Å². The molecule has 0 spiro atoms. The summed E-state index contributed by atoms with van der Waals surface area (Å²) in [6, 6.07) is 9.57. The van der Waals surface area contributed by atoms with Crippen molar-refractivity contribution in [3.63, 3.8) is 0 Å². The second-order valence-corrected chi connectivity index (χ2v) is 11.5. The third-order valence-electron chi connectivity index (χ3n) is 7.07. The van der Waals surface area contributed by atoms with Gasteiger partial charge in [-0.05, 0) is 42.0 Å². The molecule has 1 amide bonds. The maximum atomic E-state index is 15.7. The van der Waals surface area contributed by atoms with Crippen molar-refractivity contribution in [3.8, 4) is 6.07 Å². The Bertz CT molecular complexity index is 1240. The van der Waals surface area contributed by atoms with E-state index in [0.717, 1.165) is 6.07 Å².